The Hall–Kier alpha value is -0.115. The highest BCUT2D eigenvalue weighted by atomic mass is 32.1. The number of nitrogens with one attached hydrogen (secondary N) is 1. The molecule has 0 aromatic heterocycles. The molecule has 8 heavy (non-hydrogen) atoms. The van der Waals surface area contributed by atoms with Crippen molar-refractivity contribution in [1.82, 2.24) is 4.72 Å². The van der Waals surface area contributed by atoms with E-state index < -0.39 is 0 Å². The molecule has 2 nitrogen and oxygen atoms in total. The summed E-state index contributed by atoms with van der Waals surface area (Å²) in [7, 11) is 1.56. The maximum absolute atomic E-state index is 10.4. The van der Waals surface area contributed by atoms with E-state index in [2.05, 4.69) is 17.5 Å². The molecule has 0 aliphatic carbocycles. The summed E-state index contributed by atoms with van der Waals surface area (Å²) in [5.74, 6) is 0.158. The molecule has 0 fully saturated rings. The normalized spacial score (nSPS) is 9.00. The highest BCUT2D eigenvalue weighted by Gasteiger charge is 2.03. The average molecular weight is 130 g/mol. The topological polar surface area (TPSA) is 29.1 Å². The van der Waals surface area contributed by atoms with E-state index in [4.69, 9.17) is 0 Å². The molecular weight excluding hydrogens is 121 g/mol. The highest BCUT2D eigenvalue weighted by molar-refractivity contribution is 7.79. The zero-order valence-corrected chi connectivity index (χ0v) is 5.90. The van der Waals surface area contributed by atoms with Crippen LogP contribution in [-0.2, 0) is 0 Å². The van der Waals surface area contributed by atoms with Gasteiger partial charge in [0.15, 0.2) is 5.81 Å². The zero-order chi connectivity index (χ0) is 6.57. The molecule has 0 aromatic rings. The molecule has 0 unspecified atom stereocenters. The summed E-state index contributed by atoms with van der Waals surface area (Å²) < 4.78 is 2.20. The molecule has 0 aromatic carbocycles. The van der Waals surface area contributed by atoms with Crippen LogP contribution in [0.5, 0.6) is 0 Å². The molecular formula is C4H9BNOS. The summed E-state index contributed by atoms with van der Waals surface area (Å²) in [6.45, 7) is 3.87. The lowest BCUT2D eigenvalue weighted by Crippen LogP contribution is -2.20. The number of rotatable bonds is 2. The summed E-state index contributed by atoms with van der Waals surface area (Å²) >= 11 is 3.56. The molecule has 0 saturated carbocycles. The van der Waals surface area contributed by atoms with Crippen LogP contribution >= 0.6 is 12.8 Å². The molecule has 0 spiro atoms. The minimum absolute atomic E-state index is 0.136. The molecule has 1 amide bonds. The minimum atomic E-state index is -0.136. The highest BCUT2D eigenvalue weighted by Crippen LogP contribution is 1.95. The number of amides is 1. The quantitative estimate of drug-likeness (QED) is 0.425. The second kappa shape index (κ2) is 3.84. The van der Waals surface area contributed by atoms with Crippen molar-refractivity contribution in [2.24, 2.45) is 0 Å². The fourth-order valence-electron chi connectivity index (χ4n) is 0.340. The van der Waals surface area contributed by atoms with Crippen LogP contribution in [-0.4, -0.2) is 13.1 Å². The Balaban J connectivity index is 3.25. The molecule has 1 N–H and O–H groups in total. The second-order valence-corrected chi connectivity index (χ2v) is 2.11. The minimum Gasteiger partial charge on any atom is -0.312 e. The zero-order valence-electron chi connectivity index (χ0n) is 5.01. The van der Waals surface area contributed by atoms with Gasteiger partial charge in [-0.3, -0.25) is 4.79 Å². The first-order chi connectivity index (χ1) is 3.66. The summed E-state index contributed by atoms with van der Waals surface area (Å²) in [4.78, 5) is 10.4. The maximum atomic E-state index is 10.4. The average Bonchev–Trinajstić information content (AvgIpc) is 1.65. The van der Waals surface area contributed by atoms with Gasteiger partial charge in [0.2, 0.25) is 7.28 Å². The SMILES string of the molecule is CC(C)[B]C(=O)NS. The van der Waals surface area contributed by atoms with Crippen LogP contribution in [0.1, 0.15) is 13.8 Å². The molecule has 0 rings (SSSR count). The Morgan fingerprint density at radius 2 is 2.25 bits per heavy atom. The van der Waals surface area contributed by atoms with Crippen molar-refractivity contribution in [2.45, 2.75) is 19.7 Å². The Morgan fingerprint density at radius 1 is 1.75 bits per heavy atom. The predicted octanol–water partition coefficient (Wildman–Crippen LogP) is 1.07. The van der Waals surface area contributed by atoms with Crippen LogP contribution in [0.3, 0.4) is 0 Å². The lowest BCUT2D eigenvalue weighted by molar-refractivity contribution is 0.263. The third-order valence-corrected chi connectivity index (χ3v) is 0.815. The largest absolute Gasteiger partial charge is 0.312 e. The lowest BCUT2D eigenvalue weighted by atomic mass is 9.66. The van der Waals surface area contributed by atoms with E-state index in [1.807, 2.05) is 13.8 Å². The van der Waals surface area contributed by atoms with Gasteiger partial charge >= 0.3 is 0 Å². The predicted molar refractivity (Wildman–Crippen MR) is 38.4 cm³/mol. The number of carbonyl (C=O) groups excluding carboxylic acids is 1. The summed E-state index contributed by atoms with van der Waals surface area (Å²) in [5.41, 5.74) is 0. The fourth-order valence-corrected chi connectivity index (χ4v) is 0.415. The van der Waals surface area contributed by atoms with E-state index in [9.17, 15) is 4.79 Å². The van der Waals surface area contributed by atoms with E-state index >= 15 is 0 Å². The van der Waals surface area contributed by atoms with Gasteiger partial charge in [-0.05, 0) is 0 Å². The van der Waals surface area contributed by atoms with Crippen LogP contribution in [0.15, 0.2) is 0 Å². The molecule has 4 heteroatoms. The van der Waals surface area contributed by atoms with Gasteiger partial charge in [-0.15, -0.1) is 0 Å². The van der Waals surface area contributed by atoms with Gasteiger partial charge in [-0.2, -0.15) is 0 Å². The molecule has 0 aliphatic heterocycles. The van der Waals surface area contributed by atoms with Crippen molar-refractivity contribution in [3.05, 3.63) is 0 Å². The summed E-state index contributed by atoms with van der Waals surface area (Å²) in [6.07, 6.45) is 0. The first-order valence-electron chi connectivity index (χ1n) is 2.45. The van der Waals surface area contributed by atoms with Crippen LogP contribution in [0, 0.1) is 0 Å². The number of thiol groups is 1. The summed E-state index contributed by atoms with van der Waals surface area (Å²) in [5, 5.41) is 0. The van der Waals surface area contributed by atoms with Crippen molar-refractivity contribution >= 4 is 25.9 Å². The van der Waals surface area contributed by atoms with Gasteiger partial charge in [0, 0.05) is 0 Å². The molecule has 0 aliphatic rings. The molecule has 0 atom stereocenters. The van der Waals surface area contributed by atoms with Crippen molar-refractivity contribution in [2.75, 3.05) is 0 Å². The van der Waals surface area contributed by atoms with Gasteiger partial charge in [-0.1, -0.05) is 32.5 Å². The van der Waals surface area contributed by atoms with Gasteiger partial charge in [0.05, 0.1) is 0 Å². The van der Waals surface area contributed by atoms with Crippen LogP contribution in [0.4, 0.5) is 4.79 Å². The third-order valence-electron chi connectivity index (χ3n) is 0.595. The fraction of sp³-hybridized carbons (Fsp3) is 0.750. The smallest absolute Gasteiger partial charge is 0.236 e. The van der Waals surface area contributed by atoms with Gasteiger partial charge < -0.3 is 4.72 Å². The first-order valence-corrected chi connectivity index (χ1v) is 2.90. The van der Waals surface area contributed by atoms with Crippen molar-refractivity contribution in [3.63, 3.8) is 0 Å². The van der Waals surface area contributed by atoms with Crippen molar-refractivity contribution in [1.29, 1.82) is 0 Å². The second-order valence-electron chi connectivity index (χ2n) is 1.89. The summed E-state index contributed by atoms with van der Waals surface area (Å²) in [6, 6.07) is 0. The lowest BCUT2D eigenvalue weighted by Gasteiger charge is -1.97. The molecule has 1 radical (unpaired) electrons. The Kier molecular flexibility index (Phi) is 3.78. The van der Waals surface area contributed by atoms with Crippen molar-refractivity contribution in [3.8, 4) is 0 Å². The Labute approximate surface area is 55.8 Å². The Morgan fingerprint density at radius 3 is 2.38 bits per heavy atom. The number of hydrogen-bond donors (Lipinski definition) is 2. The number of hydrogen-bond acceptors (Lipinski definition) is 2. The molecule has 45 valence electrons. The van der Waals surface area contributed by atoms with Crippen LogP contribution in [0.25, 0.3) is 0 Å². The van der Waals surface area contributed by atoms with Gasteiger partial charge in [0.1, 0.15) is 0 Å². The monoisotopic (exact) mass is 130 g/mol. The van der Waals surface area contributed by atoms with E-state index in [-0.39, 0.29) is 5.81 Å². The number of carbonyl (C=O) groups is 1. The van der Waals surface area contributed by atoms with E-state index in [0.29, 0.717) is 5.82 Å². The van der Waals surface area contributed by atoms with E-state index in [0.717, 1.165) is 0 Å². The first kappa shape index (κ1) is 7.88. The van der Waals surface area contributed by atoms with Crippen LogP contribution in [0.2, 0.25) is 5.82 Å². The van der Waals surface area contributed by atoms with Gasteiger partial charge in [0.25, 0.3) is 0 Å². The Bertz CT molecular complexity index is 86.1. The van der Waals surface area contributed by atoms with E-state index in [1.165, 1.54) is 0 Å². The van der Waals surface area contributed by atoms with E-state index in [1.54, 1.807) is 7.28 Å². The molecule has 0 heterocycles. The maximum Gasteiger partial charge on any atom is 0.236 e. The van der Waals surface area contributed by atoms with Crippen molar-refractivity contribution < 1.29 is 4.79 Å². The van der Waals surface area contributed by atoms with Crippen LogP contribution < -0.4 is 4.72 Å². The van der Waals surface area contributed by atoms with Gasteiger partial charge in [-0.25, -0.2) is 0 Å². The third kappa shape index (κ3) is 4.05. The molecule has 0 saturated heterocycles. The standard InChI is InChI=1S/C4H9BNOS/c1-3(2)5-4(7)6-8/h3,8H,1-2H3,(H,6,7). The molecule has 0 bridgehead atoms.